The van der Waals surface area contributed by atoms with Gasteiger partial charge in [0.05, 0.1) is 10.1 Å². The molecule has 3 N–H and O–H groups in total. The molecule has 9 heteroatoms. The molecule has 0 bridgehead atoms. The van der Waals surface area contributed by atoms with Crippen molar-refractivity contribution in [1.82, 2.24) is 0 Å². The number of benzene rings is 2. The van der Waals surface area contributed by atoms with Gasteiger partial charge in [-0.15, -0.1) is 35.9 Å². The highest BCUT2D eigenvalue weighted by Gasteiger charge is 2.31. The fourth-order valence-corrected chi connectivity index (χ4v) is 5.45. The molecule has 1 heterocycles. The van der Waals surface area contributed by atoms with Gasteiger partial charge in [-0.3, -0.25) is 4.79 Å². The SMILES string of the molecule is Cl.NCc1cc(NC(=O)c2ccc(C3SCCS3)cc2)cc(C(F)(F)F)c1. The van der Waals surface area contributed by atoms with Gasteiger partial charge in [-0.25, -0.2) is 0 Å². The highest BCUT2D eigenvalue weighted by atomic mass is 35.5. The summed E-state index contributed by atoms with van der Waals surface area (Å²) in [4.78, 5) is 12.4. The maximum Gasteiger partial charge on any atom is 0.416 e. The first kappa shape index (κ1) is 21.9. The number of anilines is 1. The third-order valence-electron chi connectivity index (χ3n) is 3.88. The van der Waals surface area contributed by atoms with E-state index in [1.165, 1.54) is 6.07 Å². The van der Waals surface area contributed by atoms with E-state index in [-0.39, 0.29) is 24.6 Å². The van der Waals surface area contributed by atoms with Crippen LogP contribution >= 0.6 is 35.9 Å². The Labute approximate surface area is 170 Å². The van der Waals surface area contributed by atoms with Gasteiger partial charge >= 0.3 is 6.18 Å². The number of thioether (sulfide) groups is 2. The van der Waals surface area contributed by atoms with Crippen molar-refractivity contribution in [2.45, 2.75) is 17.3 Å². The van der Waals surface area contributed by atoms with Crippen molar-refractivity contribution >= 4 is 47.5 Å². The van der Waals surface area contributed by atoms with Crippen LogP contribution in [0.4, 0.5) is 18.9 Å². The van der Waals surface area contributed by atoms with Gasteiger partial charge in [0.15, 0.2) is 0 Å². The molecule has 1 aliphatic rings. The molecule has 1 fully saturated rings. The van der Waals surface area contributed by atoms with E-state index < -0.39 is 17.6 Å². The first-order chi connectivity index (χ1) is 12.4. The standard InChI is InChI=1S/C18H17F3N2OS2.ClH/c19-18(20,21)14-7-11(10-22)8-15(9-14)23-16(24)12-1-3-13(4-2-12)17-25-5-6-26-17;/h1-4,7-9,17H,5-6,10,22H2,(H,23,24);1H. The summed E-state index contributed by atoms with van der Waals surface area (Å²) < 4.78 is 39.3. The van der Waals surface area contributed by atoms with Gasteiger partial charge < -0.3 is 11.1 Å². The quantitative estimate of drug-likeness (QED) is 0.684. The minimum atomic E-state index is -4.50. The lowest BCUT2D eigenvalue weighted by atomic mass is 10.1. The first-order valence-electron chi connectivity index (χ1n) is 7.92. The number of carbonyl (C=O) groups excluding carboxylic acids is 1. The lowest BCUT2D eigenvalue weighted by molar-refractivity contribution is -0.137. The minimum absolute atomic E-state index is 0. The molecule has 1 aliphatic heterocycles. The number of nitrogens with two attached hydrogens (primary N) is 1. The Bertz CT molecular complexity index is 794. The second-order valence-electron chi connectivity index (χ2n) is 5.77. The van der Waals surface area contributed by atoms with Crippen LogP contribution in [0.3, 0.4) is 0 Å². The second-order valence-corrected chi connectivity index (χ2v) is 8.49. The van der Waals surface area contributed by atoms with Gasteiger partial charge in [0.1, 0.15) is 0 Å². The van der Waals surface area contributed by atoms with E-state index in [9.17, 15) is 18.0 Å². The smallest absolute Gasteiger partial charge is 0.326 e. The van der Waals surface area contributed by atoms with E-state index in [1.54, 1.807) is 12.1 Å². The topological polar surface area (TPSA) is 55.1 Å². The predicted octanol–water partition coefficient (Wildman–Crippen LogP) is 5.32. The zero-order valence-electron chi connectivity index (χ0n) is 14.1. The highest BCUT2D eigenvalue weighted by molar-refractivity contribution is 8.19. The Kier molecular flexibility index (Phi) is 7.50. The van der Waals surface area contributed by atoms with Crippen LogP contribution in [-0.2, 0) is 12.7 Å². The molecule has 0 aliphatic carbocycles. The monoisotopic (exact) mass is 434 g/mol. The molecule has 3 rings (SSSR count). The number of amides is 1. The van der Waals surface area contributed by atoms with E-state index in [2.05, 4.69) is 5.32 Å². The Hall–Kier alpha value is -1.35. The fraction of sp³-hybridized carbons (Fsp3) is 0.278. The van der Waals surface area contributed by atoms with Crippen molar-refractivity contribution in [3.05, 3.63) is 64.7 Å². The van der Waals surface area contributed by atoms with Crippen molar-refractivity contribution in [2.24, 2.45) is 5.73 Å². The molecule has 2 aromatic rings. The van der Waals surface area contributed by atoms with Gasteiger partial charge in [-0.05, 0) is 41.5 Å². The molecule has 27 heavy (non-hydrogen) atoms. The Balaban J connectivity index is 0.00000261. The number of carbonyl (C=O) groups is 1. The number of alkyl halides is 3. The number of halogens is 4. The number of hydrogen-bond donors (Lipinski definition) is 2. The zero-order chi connectivity index (χ0) is 18.7. The molecule has 0 aromatic heterocycles. The van der Waals surface area contributed by atoms with Crippen LogP contribution in [0.1, 0.15) is 31.6 Å². The maximum absolute atomic E-state index is 13.0. The Morgan fingerprint density at radius 3 is 2.30 bits per heavy atom. The fourth-order valence-electron chi connectivity index (χ4n) is 2.59. The van der Waals surface area contributed by atoms with E-state index in [1.807, 2.05) is 35.7 Å². The summed E-state index contributed by atoms with van der Waals surface area (Å²) >= 11 is 3.73. The van der Waals surface area contributed by atoms with Crippen molar-refractivity contribution in [2.75, 3.05) is 16.8 Å². The third-order valence-corrected chi connectivity index (χ3v) is 6.98. The van der Waals surface area contributed by atoms with Gasteiger partial charge in [0, 0.05) is 29.3 Å². The van der Waals surface area contributed by atoms with Gasteiger partial charge in [-0.2, -0.15) is 13.2 Å². The molecular weight excluding hydrogens is 417 g/mol. The molecule has 0 atom stereocenters. The summed E-state index contributed by atoms with van der Waals surface area (Å²) in [6.45, 7) is -0.0434. The van der Waals surface area contributed by atoms with Crippen LogP contribution in [0.2, 0.25) is 0 Å². The Morgan fingerprint density at radius 1 is 1.11 bits per heavy atom. The largest absolute Gasteiger partial charge is 0.416 e. The van der Waals surface area contributed by atoms with E-state index in [0.717, 1.165) is 29.2 Å². The van der Waals surface area contributed by atoms with Crippen molar-refractivity contribution in [3.8, 4) is 0 Å². The summed E-state index contributed by atoms with van der Waals surface area (Å²) in [6.07, 6.45) is -4.50. The molecule has 146 valence electrons. The predicted molar refractivity (Wildman–Crippen MR) is 109 cm³/mol. The highest BCUT2D eigenvalue weighted by Crippen LogP contribution is 2.45. The van der Waals surface area contributed by atoms with Gasteiger partial charge in [-0.1, -0.05) is 12.1 Å². The molecular formula is C18H18ClF3N2OS2. The molecule has 0 spiro atoms. The maximum atomic E-state index is 13.0. The van der Waals surface area contributed by atoms with Crippen LogP contribution in [0.15, 0.2) is 42.5 Å². The van der Waals surface area contributed by atoms with Gasteiger partial charge in [0.2, 0.25) is 0 Å². The summed E-state index contributed by atoms with van der Waals surface area (Å²) in [5.41, 5.74) is 6.55. The molecule has 1 amide bonds. The van der Waals surface area contributed by atoms with Crippen LogP contribution in [0.25, 0.3) is 0 Å². The van der Waals surface area contributed by atoms with Crippen molar-refractivity contribution in [1.29, 1.82) is 0 Å². The molecule has 0 unspecified atom stereocenters. The average Bonchev–Trinajstić information content (AvgIpc) is 3.15. The number of nitrogens with one attached hydrogen (secondary N) is 1. The molecule has 0 radical (unpaired) electrons. The van der Waals surface area contributed by atoms with Crippen molar-refractivity contribution in [3.63, 3.8) is 0 Å². The molecule has 2 aromatic carbocycles. The van der Waals surface area contributed by atoms with E-state index in [0.29, 0.717) is 15.7 Å². The van der Waals surface area contributed by atoms with E-state index in [4.69, 9.17) is 5.73 Å². The second kappa shape index (κ2) is 9.23. The summed E-state index contributed by atoms with van der Waals surface area (Å²) in [7, 11) is 0. The zero-order valence-corrected chi connectivity index (χ0v) is 16.5. The van der Waals surface area contributed by atoms with Crippen LogP contribution in [0.5, 0.6) is 0 Å². The van der Waals surface area contributed by atoms with Crippen molar-refractivity contribution < 1.29 is 18.0 Å². The molecule has 0 saturated carbocycles. The average molecular weight is 435 g/mol. The minimum Gasteiger partial charge on any atom is -0.326 e. The Morgan fingerprint density at radius 2 is 1.74 bits per heavy atom. The van der Waals surface area contributed by atoms with Crippen LogP contribution in [0, 0.1) is 0 Å². The first-order valence-corrected chi connectivity index (χ1v) is 10.0. The molecule has 1 saturated heterocycles. The van der Waals surface area contributed by atoms with Crippen LogP contribution < -0.4 is 11.1 Å². The normalized spacial score (nSPS) is 14.7. The lowest BCUT2D eigenvalue weighted by Crippen LogP contribution is -2.14. The summed E-state index contributed by atoms with van der Waals surface area (Å²) in [5, 5.41) is 2.53. The van der Waals surface area contributed by atoms with E-state index >= 15 is 0 Å². The summed E-state index contributed by atoms with van der Waals surface area (Å²) in [6, 6.07) is 10.5. The number of hydrogen-bond acceptors (Lipinski definition) is 4. The lowest BCUT2D eigenvalue weighted by Gasteiger charge is -2.13. The third kappa shape index (κ3) is 5.57. The number of rotatable bonds is 4. The van der Waals surface area contributed by atoms with Crippen LogP contribution in [-0.4, -0.2) is 17.4 Å². The summed E-state index contributed by atoms with van der Waals surface area (Å²) in [5.74, 6) is 1.76. The molecule has 3 nitrogen and oxygen atoms in total. The van der Waals surface area contributed by atoms with Gasteiger partial charge in [0.25, 0.3) is 5.91 Å².